The van der Waals surface area contributed by atoms with E-state index in [1.807, 2.05) is 25.1 Å². The third kappa shape index (κ3) is 9.56. The quantitative estimate of drug-likeness (QED) is 0.115. The number of esters is 1. The number of ether oxygens (including phenoxy) is 2. The molecule has 0 radical (unpaired) electrons. The Bertz CT molecular complexity index is 1580. The van der Waals surface area contributed by atoms with Crippen molar-refractivity contribution in [3.63, 3.8) is 0 Å². The zero-order chi connectivity index (χ0) is 33.8. The van der Waals surface area contributed by atoms with E-state index in [0.29, 0.717) is 29.5 Å². The molecule has 0 aliphatic carbocycles. The predicted molar refractivity (Wildman–Crippen MR) is 176 cm³/mol. The lowest BCUT2D eigenvalue weighted by molar-refractivity contribution is -0.158. The molecule has 1 aliphatic rings. The van der Waals surface area contributed by atoms with Crippen molar-refractivity contribution >= 4 is 35.1 Å². The SMILES string of the molecule is CC(=O)O[C@H](C(=O)C=C(C(=O)CCCCCCO)c1cccc(C)c1)[C@@H](Cc1ccccc1)C(=O)N1C(=O)OC[C@@H]1c1ccccc1. The number of carbonyl (C=O) groups excluding carboxylic acids is 5. The van der Waals surface area contributed by atoms with Crippen LogP contribution in [0.1, 0.15) is 67.3 Å². The number of unbranched alkanes of at least 4 members (excludes halogenated alkanes) is 3. The summed E-state index contributed by atoms with van der Waals surface area (Å²) in [7, 11) is 0. The Hall–Kier alpha value is -4.89. The molecule has 0 unspecified atom stereocenters. The molecule has 47 heavy (non-hydrogen) atoms. The lowest BCUT2D eigenvalue weighted by atomic mass is 9.87. The first-order valence-corrected chi connectivity index (χ1v) is 15.9. The first kappa shape index (κ1) is 35.0. The zero-order valence-corrected chi connectivity index (χ0v) is 26.8. The van der Waals surface area contributed by atoms with Crippen molar-refractivity contribution in [2.75, 3.05) is 13.2 Å². The predicted octanol–water partition coefficient (Wildman–Crippen LogP) is 5.97. The van der Waals surface area contributed by atoms with Crippen LogP contribution >= 0.6 is 0 Å². The fraction of sp³-hybridized carbons (Fsp3) is 0.342. The van der Waals surface area contributed by atoms with Crippen LogP contribution in [-0.2, 0) is 35.1 Å². The maximum absolute atomic E-state index is 14.4. The first-order valence-electron chi connectivity index (χ1n) is 15.9. The highest BCUT2D eigenvalue weighted by Gasteiger charge is 2.46. The van der Waals surface area contributed by atoms with Gasteiger partial charge in [-0.15, -0.1) is 0 Å². The van der Waals surface area contributed by atoms with E-state index in [4.69, 9.17) is 14.6 Å². The van der Waals surface area contributed by atoms with Gasteiger partial charge in [-0.25, -0.2) is 9.69 Å². The lowest BCUT2D eigenvalue weighted by Gasteiger charge is -2.29. The van der Waals surface area contributed by atoms with Gasteiger partial charge in [-0.2, -0.15) is 0 Å². The van der Waals surface area contributed by atoms with Crippen molar-refractivity contribution < 1.29 is 38.6 Å². The van der Waals surface area contributed by atoms with Gasteiger partial charge in [0.1, 0.15) is 12.6 Å². The molecule has 1 fully saturated rings. The minimum absolute atomic E-state index is 0.0267. The van der Waals surface area contributed by atoms with Gasteiger partial charge in [-0.05, 0) is 49.0 Å². The number of nitrogens with zero attached hydrogens (tertiary/aromatic N) is 1. The molecular formula is C38H41NO8. The highest BCUT2D eigenvalue weighted by atomic mass is 16.6. The summed E-state index contributed by atoms with van der Waals surface area (Å²) in [4.78, 5) is 68.8. The molecule has 9 nitrogen and oxygen atoms in total. The van der Waals surface area contributed by atoms with E-state index >= 15 is 0 Å². The van der Waals surface area contributed by atoms with E-state index in [-0.39, 0.29) is 37.4 Å². The molecule has 1 heterocycles. The molecule has 0 bridgehead atoms. The van der Waals surface area contributed by atoms with Crippen molar-refractivity contribution in [1.82, 2.24) is 4.90 Å². The average Bonchev–Trinajstić information content (AvgIpc) is 3.46. The molecule has 9 heteroatoms. The normalized spacial score (nSPS) is 15.9. The minimum atomic E-state index is -1.64. The second kappa shape index (κ2) is 17.1. The Kier molecular flexibility index (Phi) is 12.8. The number of ketones is 2. The van der Waals surface area contributed by atoms with Crippen LogP contribution in [0, 0.1) is 12.8 Å². The molecule has 246 valence electrons. The Morgan fingerprint density at radius 2 is 1.62 bits per heavy atom. The van der Waals surface area contributed by atoms with Crippen molar-refractivity contribution in [2.45, 2.75) is 64.5 Å². The molecule has 0 aromatic heterocycles. The molecule has 1 N–H and O–H groups in total. The zero-order valence-electron chi connectivity index (χ0n) is 26.8. The van der Waals surface area contributed by atoms with Crippen LogP contribution in [0.5, 0.6) is 0 Å². The van der Waals surface area contributed by atoms with Gasteiger partial charge in [0, 0.05) is 25.5 Å². The summed E-state index contributed by atoms with van der Waals surface area (Å²) < 4.78 is 10.9. The van der Waals surface area contributed by atoms with E-state index in [1.165, 1.54) is 6.08 Å². The monoisotopic (exact) mass is 639 g/mol. The Labute approximate surface area is 275 Å². The molecule has 0 spiro atoms. The van der Waals surface area contributed by atoms with E-state index in [2.05, 4.69) is 0 Å². The molecule has 2 amide bonds. The number of imide groups is 1. The molecule has 3 aromatic carbocycles. The van der Waals surface area contributed by atoms with Gasteiger partial charge in [0.2, 0.25) is 5.91 Å². The standard InChI is InChI=1S/C38H41NO8/c1-26-14-13-19-30(22-26)31(34(42)20-11-3-4-12-21-40)24-35(43)36(47-27(2)41)32(23-28-15-7-5-8-16-28)37(44)39-33(25-46-38(39)45)29-17-9-6-10-18-29/h5-10,13-19,22,24,32-33,36,40H,3-4,11-12,20-21,23,25H2,1-2H3/t32-,33-,36+/m1/s1. The third-order valence-corrected chi connectivity index (χ3v) is 8.08. The number of Topliss-reactive ketones (excluding diaryl/α,β-unsaturated/α-hetero) is 1. The summed E-state index contributed by atoms with van der Waals surface area (Å²) >= 11 is 0. The van der Waals surface area contributed by atoms with Crippen LogP contribution in [0.3, 0.4) is 0 Å². The fourth-order valence-electron chi connectivity index (χ4n) is 5.72. The fourth-order valence-corrected chi connectivity index (χ4v) is 5.72. The summed E-state index contributed by atoms with van der Waals surface area (Å²) in [5.41, 5.74) is 2.91. The number of aliphatic hydroxyl groups is 1. The van der Waals surface area contributed by atoms with Crippen molar-refractivity contribution in [3.05, 3.63) is 113 Å². The molecule has 1 aliphatic heterocycles. The van der Waals surface area contributed by atoms with Gasteiger partial charge in [0.15, 0.2) is 17.7 Å². The molecular weight excluding hydrogens is 598 g/mol. The Morgan fingerprint density at radius 3 is 2.28 bits per heavy atom. The number of hydrogen-bond acceptors (Lipinski definition) is 8. The number of hydrogen-bond donors (Lipinski definition) is 1. The van der Waals surface area contributed by atoms with Crippen LogP contribution in [0.15, 0.2) is 91.0 Å². The van der Waals surface area contributed by atoms with E-state index < -0.39 is 41.8 Å². The summed E-state index contributed by atoms with van der Waals surface area (Å²) in [6.07, 6.45) is 1.53. The Balaban J connectivity index is 1.75. The largest absolute Gasteiger partial charge is 0.453 e. The molecule has 0 saturated carbocycles. The molecule has 4 rings (SSSR count). The second-order valence-corrected chi connectivity index (χ2v) is 11.7. The number of carbonyl (C=O) groups is 5. The van der Waals surface area contributed by atoms with Crippen LogP contribution in [0.2, 0.25) is 0 Å². The van der Waals surface area contributed by atoms with Crippen LogP contribution in [0.25, 0.3) is 5.57 Å². The second-order valence-electron chi connectivity index (χ2n) is 11.7. The maximum atomic E-state index is 14.4. The number of amides is 2. The third-order valence-electron chi connectivity index (χ3n) is 8.08. The van der Waals surface area contributed by atoms with Crippen LogP contribution < -0.4 is 0 Å². The first-order chi connectivity index (χ1) is 22.7. The van der Waals surface area contributed by atoms with Crippen LogP contribution in [-0.4, -0.2) is 58.9 Å². The summed E-state index contributed by atoms with van der Waals surface area (Å²) in [5.74, 6) is -3.85. The van der Waals surface area contributed by atoms with Gasteiger partial charge in [0.05, 0.1) is 5.92 Å². The Morgan fingerprint density at radius 1 is 0.936 bits per heavy atom. The number of aryl methyl sites for hydroxylation is 1. The van der Waals surface area contributed by atoms with Gasteiger partial charge in [-0.3, -0.25) is 19.2 Å². The van der Waals surface area contributed by atoms with Crippen molar-refractivity contribution in [3.8, 4) is 0 Å². The van der Waals surface area contributed by atoms with E-state index in [9.17, 15) is 24.0 Å². The number of rotatable bonds is 16. The number of cyclic esters (lactones) is 1. The van der Waals surface area contributed by atoms with Gasteiger partial charge >= 0.3 is 12.1 Å². The number of benzene rings is 3. The highest BCUT2D eigenvalue weighted by molar-refractivity contribution is 6.25. The number of aliphatic hydroxyl groups excluding tert-OH is 1. The summed E-state index contributed by atoms with van der Waals surface area (Å²) in [6, 6.07) is 24.3. The lowest BCUT2D eigenvalue weighted by Crippen LogP contribution is -2.47. The van der Waals surface area contributed by atoms with E-state index in [0.717, 1.165) is 30.2 Å². The van der Waals surface area contributed by atoms with Gasteiger partial charge in [0.25, 0.3) is 0 Å². The smallest absolute Gasteiger partial charge is 0.417 e. The minimum Gasteiger partial charge on any atom is -0.453 e. The average molecular weight is 640 g/mol. The highest BCUT2D eigenvalue weighted by Crippen LogP contribution is 2.32. The molecule has 3 aromatic rings. The molecule has 1 saturated heterocycles. The maximum Gasteiger partial charge on any atom is 0.417 e. The van der Waals surface area contributed by atoms with Crippen molar-refractivity contribution in [1.29, 1.82) is 0 Å². The van der Waals surface area contributed by atoms with E-state index in [1.54, 1.807) is 66.7 Å². The van der Waals surface area contributed by atoms with Gasteiger partial charge in [-0.1, -0.05) is 103 Å². The molecule has 3 atom stereocenters. The number of allylic oxidation sites excluding steroid dienone is 1. The van der Waals surface area contributed by atoms with Crippen molar-refractivity contribution in [2.24, 2.45) is 5.92 Å². The topological polar surface area (TPSA) is 127 Å². The van der Waals surface area contributed by atoms with Gasteiger partial charge < -0.3 is 14.6 Å². The summed E-state index contributed by atoms with van der Waals surface area (Å²) in [6.45, 7) is 3.03. The van der Waals surface area contributed by atoms with Crippen LogP contribution in [0.4, 0.5) is 4.79 Å². The summed E-state index contributed by atoms with van der Waals surface area (Å²) in [5, 5.41) is 9.08.